The van der Waals surface area contributed by atoms with Gasteiger partial charge in [-0.15, -0.1) is 0 Å². The van der Waals surface area contributed by atoms with Gasteiger partial charge in [-0.3, -0.25) is 0 Å². The molecule has 0 aromatic heterocycles. The fourth-order valence-corrected chi connectivity index (χ4v) is 3.57. The van der Waals surface area contributed by atoms with Crippen LogP contribution in [0.15, 0.2) is 84.9 Å². The molecule has 28 heavy (non-hydrogen) atoms. The maximum atomic E-state index is 6.36. The third-order valence-electron chi connectivity index (χ3n) is 4.52. The molecule has 1 aliphatic heterocycles. The minimum atomic E-state index is -0.0774. The van der Waals surface area contributed by atoms with Crippen LogP contribution < -0.4 is 15.4 Å². The molecule has 0 saturated carbocycles. The van der Waals surface area contributed by atoms with Gasteiger partial charge in [0.25, 0.3) is 0 Å². The van der Waals surface area contributed by atoms with Gasteiger partial charge in [0.05, 0.1) is 6.04 Å². The van der Waals surface area contributed by atoms with Crippen molar-refractivity contribution in [1.29, 1.82) is 0 Å². The van der Waals surface area contributed by atoms with E-state index in [-0.39, 0.29) is 6.04 Å². The average Bonchev–Trinajstić information content (AvgIpc) is 2.73. The molecule has 0 unspecified atom stereocenters. The Morgan fingerprint density at radius 2 is 1.61 bits per heavy atom. The summed E-state index contributed by atoms with van der Waals surface area (Å²) in [5.74, 6) is 0.826. The number of ether oxygens (including phenoxy) is 1. The van der Waals surface area contributed by atoms with E-state index < -0.39 is 0 Å². The average molecular weight is 407 g/mol. The molecule has 3 aromatic rings. The molecule has 4 rings (SSSR count). The van der Waals surface area contributed by atoms with Crippen molar-refractivity contribution in [2.45, 2.75) is 12.6 Å². The van der Waals surface area contributed by atoms with Gasteiger partial charge in [0.15, 0.2) is 5.11 Å². The van der Waals surface area contributed by atoms with E-state index in [0.717, 1.165) is 28.1 Å². The fourth-order valence-electron chi connectivity index (χ4n) is 3.08. The number of halogens is 1. The molecule has 0 spiro atoms. The number of thiocarbonyl (C=S) groups is 1. The zero-order valence-corrected chi connectivity index (χ0v) is 16.6. The molecule has 1 atom stereocenters. The van der Waals surface area contributed by atoms with Crippen molar-refractivity contribution < 1.29 is 4.74 Å². The molecule has 1 heterocycles. The van der Waals surface area contributed by atoms with Crippen LogP contribution >= 0.6 is 23.8 Å². The van der Waals surface area contributed by atoms with Crippen molar-refractivity contribution in [3.8, 4) is 5.75 Å². The van der Waals surface area contributed by atoms with Crippen LogP contribution in [0.5, 0.6) is 5.75 Å². The molecule has 0 bridgehead atoms. The van der Waals surface area contributed by atoms with Crippen LogP contribution in [0.4, 0.5) is 0 Å². The lowest BCUT2D eigenvalue weighted by atomic mass is 10.0. The van der Waals surface area contributed by atoms with E-state index in [9.17, 15) is 0 Å². The molecule has 0 amide bonds. The van der Waals surface area contributed by atoms with Crippen molar-refractivity contribution in [2.75, 3.05) is 0 Å². The Kier molecular flexibility index (Phi) is 5.60. The smallest absolute Gasteiger partial charge is 0.171 e. The number of nitrogens with one attached hydrogen (secondary N) is 2. The number of hydrogen-bond donors (Lipinski definition) is 2. The van der Waals surface area contributed by atoms with Crippen LogP contribution in [0, 0.1) is 0 Å². The number of hydrogen-bond acceptors (Lipinski definition) is 2. The summed E-state index contributed by atoms with van der Waals surface area (Å²) in [6.45, 7) is 0.545. The summed E-state index contributed by atoms with van der Waals surface area (Å²) >= 11 is 11.7. The molecule has 1 aliphatic rings. The largest absolute Gasteiger partial charge is 0.489 e. The van der Waals surface area contributed by atoms with Gasteiger partial charge in [-0.2, -0.15) is 0 Å². The van der Waals surface area contributed by atoms with Gasteiger partial charge in [0, 0.05) is 10.7 Å². The highest BCUT2D eigenvalue weighted by Gasteiger charge is 2.20. The first-order valence-corrected chi connectivity index (χ1v) is 9.78. The maximum Gasteiger partial charge on any atom is 0.171 e. The lowest BCUT2D eigenvalue weighted by Gasteiger charge is -2.27. The summed E-state index contributed by atoms with van der Waals surface area (Å²) in [5.41, 5.74) is 4.12. The number of rotatable bonds is 5. The second-order valence-electron chi connectivity index (χ2n) is 6.48. The predicted octanol–water partition coefficient (Wildman–Crippen LogP) is 5.48. The van der Waals surface area contributed by atoms with Crippen molar-refractivity contribution in [1.82, 2.24) is 10.6 Å². The van der Waals surface area contributed by atoms with E-state index in [1.165, 1.54) is 0 Å². The molecule has 3 nitrogen and oxygen atoms in total. The molecule has 2 N–H and O–H groups in total. The second-order valence-corrected chi connectivity index (χ2v) is 7.29. The highest BCUT2D eigenvalue weighted by molar-refractivity contribution is 7.80. The molecule has 0 radical (unpaired) electrons. The van der Waals surface area contributed by atoms with Crippen LogP contribution in [0.3, 0.4) is 0 Å². The quantitative estimate of drug-likeness (QED) is 0.550. The van der Waals surface area contributed by atoms with Crippen LogP contribution in [0.25, 0.3) is 5.70 Å². The summed E-state index contributed by atoms with van der Waals surface area (Å²) in [6.07, 6.45) is 2.09. The molecule has 0 saturated heterocycles. The highest BCUT2D eigenvalue weighted by atomic mass is 35.5. The first kappa shape index (κ1) is 18.5. The second kappa shape index (κ2) is 8.46. The van der Waals surface area contributed by atoms with Gasteiger partial charge in [-0.25, -0.2) is 0 Å². The minimum absolute atomic E-state index is 0.0774. The first-order chi connectivity index (χ1) is 13.7. The molecule has 3 aromatic carbocycles. The Morgan fingerprint density at radius 3 is 2.36 bits per heavy atom. The standard InChI is InChI=1S/C23H19ClN2OS/c24-20-9-5-4-8-19(20)22-14-21(25-23(28)26-22)17-10-12-18(13-11-17)27-15-16-6-2-1-3-7-16/h1-14,22H,15H2,(H2,25,26,28)/t22-/m1/s1. The zero-order valence-electron chi connectivity index (χ0n) is 15.1. The molecule has 0 aliphatic carbocycles. The molecule has 0 fully saturated rings. The molecule has 140 valence electrons. The normalized spacial score (nSPS) is 16.0. The Balaban J connectivity index is 1.51. The Hall–Kier alpha value is -2.82. The van der Waals surface area contributed by atoms with E-state index in [0.29, 0.717) is 16.7 Å². The lowest BCUT2D eigenvalue weighted by molar-refractivity contribution is 0.306. The summed E-state index contributed by atoms with van der Waals surface area (Å²) in [4.78, 5) is 0. The third kappa shape index (κ3) is 4.35. The van der Waals surface area contributed by atoms with Gasteiger partial charge >= 0.3 is 0 Å². The van der Waals surface area contributed by atoms with Gasteiger partial charge in [0.1, 0.15) is 12.4 Å². The minimum Gasteiger partial charge on any atom is -0.489 e. The number of benzene rings is 3. The third-order valence-corrected chi connectivity index (χ3v) is 5.09. The van der Waals surface area contributed by atoms with Gasteiger partial charge in [-0.1, -0.05) is 60.1 Å². The van der Waals surface area contributed by atoms with E-state index in [4.69, 9.17) is 28.6 Å². The Bertz CT molecular complexity index is 1000. The van der Waals surface area contributed by atoms with Crippen molar-refractivity contribution in [2.24, 2.45) is 0 Å². The first-order valence-electron chi connectivity index (χ1n) is 9.00. The Morgan fingerprint density at radius 1 is 0.893 bits per heavy atom. The fraction of sp³-hybridized carbons (Fsp3) is 0.0870. The van der Waals surface area contributed by atoms with Crippen molar-refractivity contribution in [3.05, 3.63) is 107 Å². The molecular formula is C23H19ClN2OS. The summed E-state index contributed by atoms with van der Waals surface area (Å²) in [6, 6.07) is 25.8. The van der Waals surface area contributed by atoms with Crippen molar-refractivity contribution >= 4 is 34.6 Å². The SMILES string of the molecule is S=C1NC(c2ccc(OCc3ccccc3)cc2)=C[C@H](c2ccccc2Cl)N1. The van der Waals surface area contributed by atoms with E-state index in [1.807, 2.05) is 78.9 Å². The van der Waals surface area contributed by atoms with Crippen LogP contribution in [-0.4, -0.2) is 5.11 Å². The topological polar surface area (TPSA) is 33.3 Å². The van der Waals surface area contributed by atoms with Crippen molar-refractivity contribution in [3.63, 3.8) is 0 Å². The van der Waals surface area contributed by atoms with Gasteiger partial charge in [-0.05, 0) is 65.3 Å². The summed E-state index contributed by atoms with van der Waals surface area (Å²) < 4.78 is 5.87. The molecular weight excluding hydrogens is 388 g/mol. The van der Waals surface area contributed by atoms with E-state index in [1.54, 1.807) is 0 Å². The predicted molar refractivity (Wildman–Crippen MR) is 118 cm³/mol. The van der Waals surface area contributed by atoms with Crippen LogP contribution in [-0.2, 0) is 6.61 Å². The van der Waals surface area contributed by atoms with E-state index in [2.05, 4.69) is 16.7 Å². The molecule has 5 heteroatoms. The van der Waals surface area contributed by atoms with Crippen LogP contribution in [0.1, 0.15) is 22.7 Å². The zero-order chi connectivity index (χ0) is 19.3. The lowest BCUT2D eigenvalue weighted by Crippen LogP contribution is -2.40. The monoisotopic (exact) mass is 406 g/mol. The maximum absolute atomic E-state index is 6.36. The van der Waals surface area contributed by atoms with Gasteiger partial charge < -0.3 is 15.4 Å². The Labute approximate surface area is 175 Å². The summed E-state index contributed by atoms with van der Waals surface area (Å²) in [5, 5.41) is 7.77. The highest BCUT2D eigenvalue weighted by Crippen LogP contribution is 2.28. The van der Waals surface area contributed by atoms with E-state index >= 15 is 0 Å². The summed E-state index contributed by atoms with van der Waals surface area (Å²) in [7, 11) is 0. The van der Waals surface area contributed by atoms with Crippen LogP contribution in [0.2, 0.25) is 5.02 Å². The van der Waals surface area contributed by atoms with Gasteiger partial charge in [0.2, 0.25) is 0 Å².